The average Bonchev–Trinajstić information content (AvgIpc) is 3.41. The third-order valence-electron chi connectivity index (χ3n) is 5.32. The Morgan fingerprint density at radius 1 is 1.03 bits per heavy atom. The first kappa shape index (κ1) is 22.5. The molecule has 0 spiro atoms. The van der Waals surface area contributed by atoms with Gasteiger partial charge >= 0.3 is 0 Å². The number of methoxy groups -OCH3 is 2. The van der Waals surface area contributed by atoms with Crippen LogP contribution in [0.25, 0.3) is 27.7 Å². The van der Waals surface area contributed by atoms with E-state index in [-0.39, 0.29) is 11.4 Å². The van der Waals surface area contributed by atoms with Gasteiger partial charge in [0.15, 0.2) is 5.82 Å². The molecule has 5 aromatic rings. The molecule has 0 bridgehead atoms. The van der Waals surface area contributed by atoms with Crippen molar-refractivity contribution < 1.29 is 18.4 Å². The predicted molar refractivity (Wildman–Crippen MR) is 132 cm³/mol. The molecule has 176 valence electrons. The molecule has 0 aliphatic heterocycles. The number of aromatic nitrogens is 3. The third-order valence-corrected chi connectivity index (χ3v) is 6.12. The van der Waals surface area contributed by atoms with Crippen molar-refractivity contribution in [3.63, 3.8) is 0 Å². The van der Waals surface area contributed by atoms with Crippen molar-refractivity contribution in [3.8, 4) is 28.4 Å². The van der Waals surface area contributed by atoms with E-state index >= 15 is 0 Å². The van der Waals surface area contributed by atoms with Gasteiger partial charge in [0.2, 0.25) is 5.88 Å². The Hall–Kier alpha value is -4.31. The van der Waals surface area contributed by atoms with Crippen LogP contribution in [-0.4, -0.2) is 28.9 Å². The SMILES string of the molecule is COc1ccc(-c2cc(F)cnc2OC)cc1-n1c(=O)ccc2cc(SNc3ccon3)ccc21. The number of halogens is 1. The number of rotatable bonds is 7. The molecule has 0 saturated heterocycles. The number of nitrogens with one attached hydrogen (secondary N) is 1. The Labute approximate surface area is 203 Å². The van der Waals surface area contributed by atoms with Crippen molar-refractivity contribution in [1.82, 2.24) is 14.7 Å². The maximum atomic E-state index is 14.0. The molecule has 0 saturated carbocycles. The molecule has 0 unspecified atom stereocenters. The maximum absolute atomic E-state index is 14.0. The fourth-order valence-electron chi connectivity index (χ4n) is 3.74. The van der Waals surface area contributed by atoms with Gasteiger partial charge in [0.1, 0.15) is 17.8 Å². The summed E-state index contributed by atoms with van der Waals surface area (Å²) >= 11 is 1.37. The molecule has 35 heavy (non-hydrogen) atoms. The van der Waals surface area contributed by atoms with Gasteiger partial charge in [0.25, 0.3) is 5.56 Å². The lowest BCUT2D eigenvalue weighted by atomic mass is 10.0. The highest BCUT2D eigenvalue weighted by molar-refractivity contribution is 8.00. The smallest absolute Gasteiger partial charge is 0.255 e. The van der Waals surface area contributed by atoms with Crippen molar-refractivity contribution in [3.05, 3.63) is 89.3 Å². The van der Waals surface area contributed by atoms with E-state index in [1.54, 1.807) is 34.9 Å². The van der Waals surface area contributed by atoms with Crippen LogP contribution in [0.2, 0.25) is 0 Å². The lowest BCUT2D eigenvalue weighted by Crippen LogP contribution is -2.18. The van der Waals surface area contributed by atoms with Crippen LogP contribution >= 0.6 is 11.9 Å². The van der Waals surface area contributed by atoms with Gasteiger partial charge in [-0.15, -0.1) is 0 Å². The van der Waals surface area contributed by atoms with Crippen molar-refractivity contribution in [2.24, 2.45) is 0 Å². The zero-order valence-electron chi connectivity index (χ0n) is 18.7. The highest BCUT2D eigenvalue weighted by Crippen LogP contribution is 2.35. The number of ether oxygens (including phenoxy) is 2. The van der Waals surface area contributed by atoms with Gasteiger partial charge in [0, 0.05) is 22.6 Å². The molecule has 3 heterocycles. The van der Waals surface area contributed by atoms with Crippen LogP contribution < -0.4 is 19.8 Å². The molecule has 1 N–H and O–H groups in total. The second-order valence-electron chi connectivity index (χ2n) is 7.41. The summed E-state index contributed by atoms with van der Waals surface area (Å²) in [6.07, 6.45) is 2.58. The lowest BCUT2D eigenvalue weighted by molar-refractivity contribution is 0.397. The van der Waals surface area contributed by atoms with E-state index in [0.717, 1.165) is 16.5 Å². The number of benzene rings is 2. The second kappa shape index (κ2) is 9.51. The predicted octanol–water partition coefficient (Wildman–Crippen LogP) is 5.32. The normalized spacial score (nSPS) is 10.9. The van der Waals surface area contributed by atoms with E-state index in [4.69, 9.17) is 14.0 Å². The summed E-state index contributed by atoms with van der Waals surface area (Å²) in [5, 5.41) is 4.67. The molecular weight excluding hydrogens is 471 g/mol. The van der Waals surface area contributed by atoms with Crippen molar-refractivity contribution in [2.45, 2.75) is 4.90 Å². The Balaban J connectivity index is 1.62. The zero-order valence-corrected chi connectivity index (χ0v) is 19.5. The number of fused-ring (bicyclic) bond motifs is 1. The molecule has 0 fully saturated rings. The molecule has 0 amide bonds. The van der Waals surface area contributed by atoms with Gasteiger partial charge in [-0.2, -0.15) is 0 Å². The minimum Gasteiger partial charge on any atom is -0.495 e. The molecule has 5 rings (SSSR count). The van der Waals surface area contributed by atoms with Crippen molar-refractivity contribution >= 4 is 28.7 Å². The quantitative estimate of drug-likeness (QED) is 0.307. The van der Waals surface area contributed by atoms with Crippen LogP contribution in [-0.2, 0) is 0 Å². The summed E-state index contributed by atoms with van der Waals surface area (Å²) in [6.45, 7) is 0. The average molecular weight is 491 g/mol. The van der Waals surface area contributed by atoms with E-state index < -0.39 is 5.82 Å². The van der Waals surface area contributed by atoms with Gasteiger partial charge in [0.05, 0.1) is 31.6 Å². The van der Waals surface area contributed by atoms with Crippen LogP contribution in [0.15, 0.2) is 87.3 Å². The second-order valence-corrected chi connectivity index (χ2v) is 8.29. The van der Waals surface area contributed by atoms with Gasteiger partial charge in [-0.25, -0.2) is 9.37 Å². The molecule has 0 aliphatic rings. The Kier molecular flexibility index (Phi) is 6.11. The van der Waals surface area contributed by atoms with E-state index in [2.05, 4.69) is 14.9 Å². The Bertz CT molecular complexity index is 1570. The lowest BCUT2D eigenvalue weighted by Gasteiger charge is -2.16. The monoisotopic (exact) mass is 490 g/mol. The van der Waals surface area contributed by atoms with Crippen LogP contribution in [0.1, 0.15) is 0 Å². The first-order chi connectivity index (χ1) is 17.1. The topological polar surface area (TPSA) is 91.4 Å². The molecule has 0 atom stereocenters. The Morgan fingerprint density at radius 2 is 1.91 bits per heavy atom. The molecule has 0 aliphatic carbocycles. The highest BCUT2D eigenvalue weighted by Gasteiger charge is 2.16. The number of pyridine rings is 2. The summed E-state index contributed by atoms with van der Waals surface area (Å²) < 4.78 is 34.4. The van der Waals surface area contributed by atoms with Crippen LogP contribution in [0.3, 0.4) is 0 Å². The van der Waals surface area contributed by atoms with Gasteiger partial charge in [-0.3, -0.25) is 9.36 Å². The molecule has 0 radical (unpaired) electrons. The maximum Gasteiger partial charge on any atom is 0.255 e. The minimum absolute atomic E-state index is 0.238. The Morgan fingerprint density at radius 3 is 2.69 bits per heavy atom. The van der Waals surface area contributed by atoms with E-state index in [9.17, 15) is 9.18 Å². The number of hydrogen-bond donors (Lipinski definition) is 1. The molecular formula is C25H19FN4O4S. The number of hydrogen-bond acceptors (Lipinski definition) is 8. The van der Waals surface area contributed by atoms with Crippen LogP contribution in [0, 0.1) is 5.82 Å². The van der Waals surface area contributed by atoms with Crippen molar-refractivity contribution in [1.29, 1.82) is 0 Å². The first-order valence-electron chi connectivity index (χ1n) is 10.4. The first-order valence-corrected chi connectivity index (χ1v) is 11.3. The number of nitrogens with zero attached hydrogens (tertiary/aromatic N) is 3. The summed E-state index contributed by atoms with van der Waals surface area (Å²) in [7, 11) is 3.00. The summed E-state index contributed by atoms with van der Waals surface area (Å²) in [5.41, 5.74) is 2.04. The molecule has 10 heteroatoms. The van der Waals surface area contributed by atoms with Crippen LogP contribution in [0.4, 0.5) is 10.2 Å². The fourth-order valence-corrected chi connectivity index (χ4v) is 4.39. The summed E-state index contributed by atoms with van der Waals surface area (Å²) in [5.74, 6) is 0.862. The van der Waals surface area contributed by atoms with Gasteiger partial charge in [-0.1, -0.05) is 11.2 Å². The summed E-state index contributed by atoms with van der Waals surface area (Å²) in [4.78, 5) is 18.0. The molecule has 2 aromatic carbocycles. The highest BCUT2D eigenvalue weighted by atomic mass is 32.2. The minimum atomic E-state index is -0.496. The fraction of sp³-hybridized carbons (Fsp3) is 0.0800. The largest absolute Gasteiger partial charge is 0.495 e. The van der Waals surface area contributed by atoms with E-state index in [0.29, 0.717) is 33.9 Å². The van der Waals surface area contributed by atoms with Crippen molar-refractivity contribution in [2.75, 3.05) is 18.9 Å². The molecule has 3 aromatic heterocycles. The van der Waals surface area contributed by atoms with E-state index in [1.165, 1.54) is 44.6 Å². The molecule has 8 nitrogen and oxygen atoms in total. The zero-order chi connectivity index (χ0) is 24.4. The standard InChI is InChI=1S/C25H19FN4O4S/c1-32-22-7-3-15(19-13-17(26)14-27-25(19)33-2)12-21(22)30-20-6-5-18(11-16(20)4-8-24(30)31)35-29-23-9-10-34-28-23/h3-14H,1-2H3,(H,28,29). The van der Waals surface area contributed by atoms with Crippen LogP contribution in [0.5, 0.6) is 11.6 Å². The van der Waals surface area contributed by atoms with Gasteiger partial charge < -0.3 is 18.7 Å². The number of anilines is 1. The third kappa shape index (κ3) is 4.43. The van der Waals surface area contributed by atoms with E-state index in [1.807, 2.05) is 18.2 Å². The summed E-state index contributed by atoms with van der Waals surface area (Å²) in [6, 6.07) is 17.3. The van der Waals surface area contributed by atoms with Gasteiger partial charge in [-0.05, 0) is 65.4 Å².